The highest BCUT2D eigenvalue weighted by Crippen LogP contribution is 1.98. The maximum atomic E-state index is 11.9. The minimum absolute atomic E-state index is 0.00921. The van der Waals surface area contributed by atoms with E-state index in [0.29, 0.717) is 39.6 Å². The number of hydrogen-bond acceptors (Lipinski definition) is 4. The first-order valence-corrected chi connectivity index (χ1v) is 6.58. The van der Waals surface area contributed by atoms with Crippen molar-refractivity contribution in [1.82, 2.24) is 9.13 Å². The molecule has 0 N–H and O–H groups in total. The molecule has 110 valence electrons. The molecule has 1 aromatic rings. The van der Waals surface area contributed by atoms with Crippen LogP contribution >= 0.6 is 0 Å². The number of methoxy groups -OCH3 is 1. The molecular weight excluding hydrogens is 248 g/mol. The van der Waals surface area contributed by atoms with Crippen LogP contribution in [0.5, 0.6) is 0 Å². The minimum atomic E-state index is 0.00921. The molecule has 0 saturated heterocycles. The van der Waals surface area contributed by atoms with Gasteiger partial charge in [-0.05, 0) is 13.8 Å². The van der Waals surface area contributed by atoms with Crippen molar-refractivity contribution in [1.29, 1.82) is 0 Å². The van der Waals surface area contributed by atoms with Crippen molar-refractivity contribution < 1.29 is 14.2 Å². The van der Waals surface area contributed by atoms with E-state index in [9.17, 15) is 4.79 Å². The molecule has 1 aromatic heterocycles. The summed E-state index contributed by atoms with van der Waals surface area (Å²) in [6.07, 6.45) is 3.60. The average molecular weight is 272 g/mol. The second-order valence-electron chi connectivity index (χ2n) is 4.49. The molecule has 6 heteroatoms. The fourth-order valence-corrected chi connectivity index (χ4v) is 1.62. The van der Waals surface area contributed by atoms with Gasteiger partial charge in [0, 0.05) is 25.5 Å². The standard InChI is InChI=1S/C13H24N2O4/c1-12(2)15-5-4-14(13(15)16)6-7-18-10-11-19-9-8-17-3/h4-5,12H,6-11H2,1-3H3. The van der Waals surface area contributed by atoms with Crippen LogP contribution in [-0.2, 0) is 20.8 Å². The molecule has 0 aliphatic carbocycles. The largest absolute Gasteiger partial charge is 0.382 e. The highest BCUT2D eigenvalue weighted by molar-refractivity contribution is 4.83. The van der Waals surface area contributed by atoms with Crippen LogP contribution < -0.4 is 5.69 Å². The molecule has 0 fully saturated rings. The SMILES string of the molecule is COCCOCCOCCn1ccn(C(C)C)c1=O. The summed E-state index contributed by atoms with van der Waals surface area (Å²) in [6.45, 7) is 7.30. The second-order valence-corrected chi connectivity index (χ2v) is 4.49. The third-order valence-corrected chi connectivity index (χ3v) is 2.71. The molecule has 6 nitrogen and oxygen atoms in total. The first-order chi connectivity index (χ1) is 9.16. The lowest BCUT2D eigenvalue weighted by Crippen LogP contribution is -2.26. The summed E-state index contributed by atoms with van der Waals surface area (Å²) in [6, 6.07) is 0.184. The lowest BCUT2D eigenvalue weighted by Gasteiger charge is -2.06. The Balaban J connectivity index is 2.14. The van der Waals surface area contributed by atoms with Gasteiger partial charge in [-0.25, -0.2) is 4.79 Å². The summed E-state index contributed by atoms with van der Waals surface area (Å²) in [7, 11) is 1.64. The van der Waals surface area contributed by atoms with Crippen LogP contribution in [0.25, 0.3) is 0 Å². The zero-order valence-corrected chi connectivity index (χ0v) is 12.0. The molecule has 0 aromatic carbocycles. The maximum Gasteiger partial charge on any atom is 0.328 e. The van der Waals surface area contributed by atoms with Gasteiger partial charge < -0.3 is 14.2 Å². The zero-order valence-electron chi connectivity index (χ0n) is 12.0. The predicted molar refractivity (Wildman–Crippen MR) is 72.6 cm³/mol. The van der Waals surface area contributed by atoms with Crippen LogP contribution in [0.2, 0.25) is 0 Å². The van der Waals surface area contributed by atoms with E-state index in [1.165, 1.54) is 0 Å². The summed E-state index contributed by atoms with van der Waals surface area (Å²) < 4.78 is 18.9. The summed E-state index contributed by atoms with van der Waals surface area (Å²) in [5, 5.41) is 0. The molecule has 0 radical (unpaired) electrons. The monoisotopic (exact) mass is 272 g/mol. The Bertz CT molecular complexity index is 398. The minimum Gasteiger partial charge on any atom is -0.382 e. The van der Waals surface area contributed by atoms with Crippen LogP contribution in [-0.4, -0.2) is 49.3 Å². The summed E-state index contributed by atoms with van der Waals surface area (Å²) in [4.78, 5) is 11.9. The van der Waals surface area contributed by atoms with Crippen LogP contribution in [0.1, 0.15) is 19.9 Å². The Hall–Kier alpha value is -1.11. The molecule has 1 rings (SSSR count). The van der Waals surface area contributed by atoms with E-state index in [1.807, 2.05) is 13.8 Å². The predicted octanol–water partition coefficient (Wildman–Crippen LogP) is 0.910. The lowest BCUT2D eigenvalue weighted by atomic mass is 10.4. The van der Waals surface area contributed by atoms with E-state index in [4.69, 9.17) is 14.2 Å². The van der Waals surface area contributed by atoms with Crippen molar-refractivity contribution in [3.63, 3.8) is 0 Å². The van der Waals surface area contributed by atoms with Gasteiger partial charge in [-0.3, -0.25) is 9.13 Å². The molecular formula is C13H24N2O4. The Morgan fingerprint density at radius 3 is 2.26 bits per heavy atom. The van der Waals surface area contributed by atoms with E-state index >= 15 is 0 Å². The van der Waals surface area contributed by atoms with Gasteiger partial charge in [0.2, 0.25) is 0 Å². The normalized spacial score (nSPS) is 11.4. The van der Waals surface area contributed by atoms with Gasteiger partial charge in [0.15, 0.2) is 0 Å². The van der Waals surface area contributed by atoms with Gasteiger partial charge in [-0.15, -0.1) is 0 Å². The third kappa shape index (κ3) is 5.59. The highest BCUT2D eigenvalue weighted by atomic mass is 16.5. The van der Waals surface area contributed by atoms with E-state index in [0.717, 1.165) is 0 Å². The fraction of sp³-hybridized carbons (Fsp3) is 0.769. The molecule has 0 aliphatic rings. The number of nitrogens with zero attached hydrogens (tertiary/aromatic N) is 2. The van der Waals surface area contributed by atoms with Crippen molar-refractivity contribution in [2.75, 3.05) is 40.1 Å². The molecule has 19 heavy (non-hydrogen) atoms. The quantitative estimate of drug-likeness (QED) is 0.594. The Labute approximate surface area is 113 Å². The molecule has 0 saturated carbocycles. The number of ether oxygens (including phenoxy) is 3. The van der Waals surface area contributed by atoms with E-state index < -0.39 is 0 Å². The molecule has 0 amide bonds. The van der Waals surface area contributed by atoms with Gasteiger partial charge in [-0.2, -0.15) is 0 Å². The maximum absolute atomic E-state index is 11.9. The number of imidazole rings is 1. The number of rotatable bonds is 10. The first-order valence-electron chi connectivity index (χ1n) is 6.58. The molecule has 0 unspecified atom stereocenters. The molecule has 0 spiro atoms. The third-order valence-electron chi connectivity index (χ3n) is 2.71. The van der Waals surface area contributed by atoms with Crippen LogP contribution in [0, 0.1) is 0 Å². The van der Waals surface area contributed by atoms with Gasteiger partial charge >= 0.3 is 5.69 Å². The highest BCUT2D eigenvalue weighted by Gasteiger charge is 2.05. The Kier molecular flexibility index (Phi) is 7.47. The van der Waals surface area contributed by atoms with Gasteiger partial charge in [0.25, 0.3) is 0 Å². The van der Waals surface area contributed by atoms with Crippen LogP contribution in [0.15, 0.2) is 17.2 Å². The first kappa shape index (κ1) is 15.9. The molecule has 0 bridgehead atoms. The number of aromatic nitrogens is 2. The molecule has 0 aliphatic heterocycles. The van der Waals surface area contributed by atoms with Crippen molar-refractivity contribution in [3.8, 4) is 0 Å². The average Bonchev–Trinajstić information content (AvgIpc) is 2.74. The Morgan fingerprint density at radius 1 is 1.05 bits per heavy atom. The van der Waals surface area contributed by atoms with E-state index in [1.54, 1.807) is 28.6 Å². The van der Waals surface area contributed by atoms with Crippen molar-refractivity contribution in [3.05, 3.63) is 22.9 Å². The van der Waals surface area contributed by atoms with Crippen LogP contribution in [0.3, 0.4) is 0 Å². The zero-order chi connectivity index (χ0) is 14.1. The van der Waals surface area contributed by atoms with Gasteiger partial charge in [0.05, 0.1) is 39.6 Å². The molecule has 1 heterocycles. The van der Waals surface area contributed by atoms with E-state index in [2.05, 4.69) is 0 Å². The van der Waals surface area contributed by atoms with Gasteiger partial charge in [0.1, 0.15) is 0 Å². The second kappa shape index (κ2) is 8.90. The van der Waals surface area contributed by atoms with Crippen molar-refractivity contribution in [2.24, 2.45) is 0 Å². The smallest absolute Gasteiger partial charge is 0.328 e. The molecule has 0 atom stereocenters. The summed E-state index contributed by atoms with van der Waals surface area (Å²) >= 11 is 0. The number of hydrogen-bond donors (Lipinski definition) is 0. The van der Waals surface area contributed by atoms with Gasteiger partial charge in [-0.1, -0.05) is 0 Å². The summed E-state index contributed by atoms with van der Waals surface area (Å²) in [5.41, 5.74) is 0.00921. The Morgan fingerprint density at radius 2 is 1.68 bits per heavy atom. The van der Waals surface area contributed by atoms with Crippen molar-refractivity contribution in [2.45, 2.75) is 26.4 Å². The summed E-state index contributed by atoms with van der Waals surface area (Å²) in [5.74, 6) is 0. The topological polar surface area (TPSA) is 54.6 Å². The van der Waals surface area contributed by atoms with Crippen molar-refractivity contribution >= 4 is 0 Å². The lowest BCUT2D eigenvalue weighted by molar-refractivity contribution is 0.0229. The van der Waals surface area contributed by atoms with E-state index in [-0.39, 0.29) is 11.7 Å². The fourth-order valence-electron chi connectivity index (χ4n) is 1.62. The van der Waals surface area contributed by atoms with Crippen LogP contribution in [0.4, 0.5) is 0 Å².